The third-order valence-corrected chi connectivity index (χ3v) is 8.31. The van der Waals surface area contributed by atoms with Crippen LogP contribution in [0.4, 0.5) is 20.8 Å². The predicted molar refractivity (Wildman–Crippen MR) is 132 cm³/mol. The first-order chi connectivity index (χ1) is 16.2. The fourth-order valence-electron chi connectivity index (χ4n) is 3.26. The normalized spacial score (nSPS) is 11.3. The van der Waals surface area contributed by atoms with E-state index in [1.807, 2.05) is 0 Å². The molecular weight excluding hydrogens is 499 g/mol. The van der Waals surface area contributed by atoms with Gasteiger partial charge in [-0.3, -0.25) is 4.79 Å². The first-order valence-electron chi connectivity index (χ1n) is 9.85. The number of sulfone groups is 1. The molecule has 4 aromatic rings. The van der Waals surface area contributed by atoms with E-state index in [1.165, 1.54) is 55.6 Å². The maximum Gasteiger partial charge on any atom is 0.211 e. The first-order valence-corrected chi connectivity index (χ1v) is 12.5. The summed E-state index contributed by atoms with van der Waals surface area (Å²) in [5.74, 6) is -0.625. The van der Waals surface area contributed by atoms with Crippen LogP contribution < -0.4 is 15.8 Å². The number of carbonyl (C=O) groups is 1. The maximum absolute atomic E-state index is 14.4. The molecule has 0 spiro atoms. The zero-order chi connectivity index (χ0) is 24.5. The Morgan fingerprint density at radius 2 is 1.76 bits per heavy atom. The van der Waals surface area contributed by atoms with Gasteiger partial charge in [0.15, 0.2) is 0 Å². The third kappa shape index (κ3) is 4.50. The third-order valence-electron chi connectivity index (χ3n) is 4.95. The highest BCUT2D eigenvalue weighted by Gasteiger charge is 2.32. The molecule has 6 nitrogen and oxygen atoms in total. The van der Waals surface area contributed by atoms with E-state index in [0.29, 0.717) is 10.8 Å². The highest BCUT2D eigenvalue weighted by atomic mass is 35.5. The summed E-state index contributed by atoms with van der Waals surface area (Å²) in [4.78, 5) is 12.9. The Kier molecular flexibility index (Phi) is 6.60. The van der Waals surface area contributed by atoms with Gasteiger partial charge in [-0.25, -0.2) is 12.8 Å². The summed E-state index contributed by atoms with van der Waals surface area (Å²) in [6.45, 7) is 0. The summed E-state index contributed by atoms with van der Waals surface area (Å²) in [6, 6.07) is 17.7. The molecule has 3 aromatic carbocycles. The van der Waals surface area contributed by atoms with Crippen LogP contribution in [0.1, 0.15) is 15.2 Å². The van der Waals surface area contributed by atoms with Gasteiger partial charge in [0, 0.05) is 10.6 Å². The Labute approximate surface area is 204 Å². The van der Waals surface area contributed by atoms with Crippen LogP contribution in [0.3, 0.4) is 0 Å². The number of carbonyl (C=O) groups excluding carboxylic acids is 1. The van der Waals surface area contributed by atoms with Gasteiger partial charge in [0.05, 0.1) is 23.4 Å². The zero-order valence-electron chi connectivity index (χ0n) is 17.7. The smallest absolute Gasteiger partial charge is 0.211 e. The SMILES string of the molecule is COc1cccc(C(=O)c2sc(Nc3ccccc3F)c(S(=O)(=O)c3ccc(Cl)cc3)c2N)c1. The summed E-state index contributed by atoms with van der Waals surface area (Å²) >= 11 is 6.74. The van der Waals surface area contributed by atoms with Crippen LogP contribution in [0.5, 0.6) is 5.75 Å². The van der Waals surface area contributed by atoms with Gasteiger partial charge in [-0.15, -0.1) is 11.3 Å². The molecule has 34 heavy (non-hydrogen) atoms. The number of rotatable bonds is 7. The van der Waals surface area contributed by atoms with Crippen LogP contribution in [0, 0.1) is 5.82 Å². The summed E-state index contributed by atoms with van der Waals surface area (Å²) in [7, 11) is -2.72. The molecule has 0 bridgehead atoms. The van der Waals surface area contributed by atoms with Gasteiger partial charge >= 0.3 is 0 Å². The number of thiophene rings is 1. The molecular formula is C24H18ClFN2O4S2. The van der Waals surface area contributed by atoms with Gasteiger partial charge in [0.2, 0.25) is 15.6 Å². The lowest BCUT2D eigenvalue weighted by Crippen LogP contribution is -2.08. The molecule has 1 heterocycles. The van der Waals surface area contributed by atoms with E-state index in [9.17, 15) is 17.6 Å². The molecule has 1 aromatic heterocycles. The average Bonchev–Trinajstić information content (AvgIpc) is 3.16. The summed E-state index contributed by atoms with van der Waals surface area (Å²) < 4.78 is 46.6. The van der Waals surface area contributed by atoms with E-state index in [0.717, 1.165) is 11.3 Å². The Morgan fingerprint density at radius 1 is 1.06 bits per heavy atom. The second-order valence-electron chi connectivity index (χ2n) is 7.13. The average molecular weight is 517 g/mol. The van der Waals surface area contributed by atoms with Crippen molar-refractivity contribution < 1.29 is 22.3 Å². The van der Waals surface area contributed by atoms with Crippen molar-refractivity contribution in [3.8, 4) is 5.75 Å². The quantitative estimate of drug-likeness (QED) is 0.295. The molecule has 0 unspecified atom stereocenters. The molecule has 174 valence electrons. The lowest BCUT2D eigenvalue weighted by Gasteiger charge is -2.10. The van der Waals surface area contributed by atoms with Crippen LogP contribution in [-0.2, 0) is 9.84 Å². The van der Waals surface area contributed by atoms with Gasteiger partial charge in [0.25, 0.3) is 0 Å². The maximum atomic E-state index is 14.4. The van der Waals surface area contributed by atoms with Crippen molar-refractivity contribution >= 4 is 54.9 Å². The monoisotopic (exact) mass is 516 g/mol. The highest BCUT2D eigenvalue weighted by Crippen LogP contribution is 2.44. The number of para-hydroxylation sites is 1. The van der Waals surface area contributed by atoms with Crippen molar-refractivity contribution in [2.45, 2.75) is 9.79 Å². The fraction of sp³-hybridized carbons (Fsp3) is 0.0417. The summed E-state index contributed by atoms with van der Waals surface area (Å²) in [5.41, 5.74) is 6.35. The number of ketones is 1. The van der Waals surface area contributed by atoms with Crippen molar-refractivity contribution in [2.24, 2.45) is 0 Å². The molecule has 0 aliphatic heterocycles. The minimum Gasteiger partial charge on any atom is -0.497 e. The largest absolute Gasteiger partial charge is 0.497 e. The molecule has 3 N–H and O–H groups in total. The topological polar surface area (TPSA) is 98.5 Å². The molecule has 0 radical (unpaired) electrons. The lowest BCUT2D eigenvalue weighted by atomic mass is 10.1. The van der Waals surface area contributed by atoms with E-state index < -0.39 is 21.4 Å². The second-order valence-corrected chi connectivity index (χ2v) is 10.5. The molecule has 0 aliphatic rings. The molecule has 0 fully saturated rings. The number of anilines is 3. The fourth-order valence-corrected chi connectivity index (χ4v) is 6.31. The standard InChI is InChI=1S/C24H18ClFN2O4S2/c1-32-16-6-4-5-14(13-16)21(29)22-20(27)23(34(30,31)17-11-9-15(25)10-12-17)24(33-22)28-19-8-3-2-7-18(19)26/h2-13,28H,27H2,1H3. The van der Waals surface area contributed by atoms with Crippen molar-refractivity contribution in [2.75, 3.05) is 18.2 Å². The van der Waals surface area contributed by atoms with Gasteiger partial charge in [-0.05, 0) is 48.5 Å². The molecule has 4 rings (SSSR count). The van der Waals surface area contributed by atoms with Crippen LogP contribution >= 0.6 is 22.9 Å². The minimum absolute atomic E-state index is 0.000342. The molecule has 0 aliphatic carbocycles. The minimum atomic E-state index is -4.19. The van der Waals surface area contributed by atoms with Gasteiger partial charge in [0.1, 0.15) is 26.3 Å². The predicted octanol–water partition coefficient (Wildman–Crippen LogP) is 5.94. The van der Waals surface area contributed by atoms with Crippen molar-refractivity contribution in [3.05, 3.63) is 94.1 Å². The number of nitrogen functional groups attached to an aromatic ring is 1. The van der Waals surface area contributed by atoms with E-state index >= 15 is 0 Å². The number of methoxy groups -OCH3 is 1. The second kappa shape index (κ2) is 9.46. The molecule has 10 heteroatoms. The molecule has 0 amide bonds. The Hall–Kier alpha value is -3.40. The van der Waals surface area contributed by atoms with Crippen LogP contribution in [-0.4, -0.2) is 21.3 Å². The van der Waals surface area contributed by atoms with Crippen molar-refractivity contribution in [1.82, 2.24) is 0 Å². The number of benzene rings is 3. The number of hydrogen-bond acceptors (Lipinski definition) is 7. The van der Waals surface area contributed by atoms with Gasteiger partial charge in [-0.1, -0.05) is 35.9 Å². The van der Waals surface area contributed by atoms with Crippen molar-refractivity contribution in [3.63, 3.8) is 0 Å². The number of nitrogens with two attached hydrogens (primary N) is 1. The Balaban J connectivity index is 1.89. The lowest BCUT2D eigenvalue weighted by molar-refractivity contribution is 0.104. The summed E-state index contributed by atoms with van der Waals surface area (Å²) in [6.07, 6.45) is 0. The van der Waals surface area contributed by atoms with Crippen LogP contribution in [0.25, 0.3) is 0 Å². The number of halogens is 2. The van der Waals surface area contributed by atoms with E-state index in [-0.39, 0.29) is 36.6 Å². The van der Waals surface area contributed by atoms with Crippen LogP contribution in [0.2, 0.25) is 5.02 Å². The number of nitrogens with one attached hydrogen (secondary N) is 1. The van der Waals surface area contributed by atoms with E-state index in [1.54, 1.807) is 24.3 Å². The Morgan fingerprint density at radius 3 is 2.44 bits per heavy atom. The number of ether oxygens (including phenoxy) is 1. The van der Waals surface area contributed by atoms with Crippen LogP contribution in [0.15, 0.2) is 82.6 Å². The molecule has 0 saturated heterocycles. The van der Waals surface area contributed by atoms with Crippen molar-refractivity contribution in [1.29, 1.82) is 0 Å². The van der Waals surface area contributed by atoms with E-state index in [2.05, 4.69) is 5.32 Å². The Bertz CT molecular complexity index is 1490. The van der Waals surface area contributed by atoms with Gasteiger partial charge in [-0.2, -0.15) is 0 Å². The summed E-state index contributed by atoms with van der Waals surface area (Å²) in [5, 5.41) is 3.17. The number of hydrogen-bond donors (Lipinski definition) is 2. The van der Waals surface area contributed by atoms with Gasteiger partial charge < -0.3 is 15.8 Å². The highest BCUT2D eigenvalue weighted by molar-refractivity contribution is 7.92. The first kappa shape index (κ1) is 23.7. The van der Waals surface area contributed by atoms with E-state index in [4.69, 9.17) is 22.1 Å². The molecule has 0 atom stereocenters. The zero-order valence-corrected chi connectivity index (χ0v) is 20.1. The molecule has 0 saturated carbocycles.